The second-order valence-electron chi connectivity index (χ2n) is 4.08. The van der Waals surface area contributed by atoms with Crippen LogP contribution in [0.15, 0.2) is 0 Å². The molecule has 1 rings (SSSR count). The Morgan fingerprint density at radius 3 is 2.71 bits per heavy atom. The molecule has 0 spiro atoms. The second kappa shape index (κ2) is 6.02. The van der Waals surface area contributed by atoms with E-state index in [1.807, 2.05) is 20.8 Å². The molecule has 6 heteroatoms. The minimum absolute atomic E-state index is 0.0514. The Labute approximate surface area is 106 Å². The zero-order valence-corrected chi connectivity index (χ0v) is 11.1. The van der Waals surface area contributed by atoms with E-state index in [1.54, 1.807) is 4.68 Å². The molecular formula is C11H18ClN3O2. The number of hydrogen-bond donors (Lipinski definition) is 2. The van der Waals surface area contributed by atoms with Gasteiger partial charge in [-0.05, 0) is 13.8 Å². The Morgan fingerprint density at radius 2 is 2.24 bits per heavy atom. The Morgan fingerprint density at radius 1 is 1.59 bits per heavy atom. The first-order valence-corrected chi connectivity index (χ1v) is 5.93. The van der Waals surface area contributed by atoms with Crippen LogP contribution in [0.5, 0.6) is 0 Å². The highest BCUT2D eigenvalue weighted by Crippen LogP contribution is 2.19. The monoisotopic (exact) mass is 259 g/mol. The molecule has 1 atom stereocenters. The van der Waals surface area contributed by atoms with Crippen LogP contribution < -0.4 is 5.32 Å². The van der Waals surface area contributed by atoms with Crippen molar-refractivity contribution in [1.82, 2.24) is 15.1 Å². The summed E-state index contributed by atoms with van der Waals surface area (Å²) in [6.45, 7) is 6.24. The number of nitrogens with zero attached hydrogens (tertiary/aromatic N) is 2. The molecule has 1 amide bonds. The summed E-state index contributed by atoms with van der Waals surface area (Å²) in [5.74, 6) is -0.307. The van der Waals surface area contributed by atoms with E-state index in [9.17, 15) is 4.79 Å². The first kappa shape index (κ1) is 14.0. The summed E-state index contributed by atoms with van der Waals surface area (Å²) in [6, 6.07) is 0. The summed E-state index contributed by atoms with van der Waals surface area (Å²) in [6.07, 6.45) is 0. The minimum atomic E-state index is -0.212. The predicted molar refractivity (Wildman–Crippen MR) is 66.0 cm³/mol. The Hall–Kier alpha value is -1.07. The summed E-state index contributed by atoms with van der Waals surface area (Å²) in [5.41, 5.74) is 1.64. The van der Waals surface area contributed by atoms with Gasteiger partial charge in [0.2, 0.25) is 5.91 Å². The van der Waals surface area contributed by atoms with Crippen LogP contribution in [0, 0.1) is 19.8 Å². The van der Waals surface area contributed by atoms with Gasteiger partial charge in [-0.15, -0.1) is 0 Å². The molecule has 17 heavy (non-hydrogen) atoms. The van der Waals surface area contributed by atoms with Crippen molar-refractivity contribution in [2.24, 2.45) is 5.92 Å². The van der Waals surface area contributed by atoms with E-state index < -0.39 is 0 Å². The summed E-state index contributed by atoms with van der Waals surface area (Å²) in [7, 11) is 0. The average molecular weight is 260 g/mol. The van der Waals surface area contributed by atoms with E-state index >= 15 is 0 Å². The van der Waals surface area contributed by atoms with Crippen LogP contribution in [-0.4, -0.2) is 33.9 Å². The topological polar surface area (TPSA) is 67.2 Å². The average Bonchev–Trinajstić information content (AvgIpc) is 2.54. The van der Waals surface area contributed by atoms with Crippen LogP contribution in [0.25, 0.3) is 0 Å². The SMILES string of the molecule is Cc1nn(CC(C)C(=O)NCCO)c(C)c1Cl. The largest absolute Gasteiger partial charge is 0.395 e. The van der Waals surface area contributed by atoms with Gasteiger partial charge in [0.1, 0.15) is 0 Å². The molecule has 1 aromatic heterocycles. The van der Waals surface area contributed by atoms with Crippen molar-refractivity contribution >= 4 is 17.5 Å². The number of aliphatic hydroxyl groups is 1. The van der Waals surface area contributed by atoms with E-state index in [1.165, 1.54) is 0 Å². The molecule has 1 unspecified atom stereocenters. The van der Waals surface area contributed by atoms with Crippen LogP contribution in [0.4, 0.5) is 0 Å². The third-order valence-electron chi connectivity index (χ3n) is 2.60. The number of aromatic nitrogens is 2. The fourth-order valence-electron chi connectivity index (χ4n) is 1.55. The molecule has 5 nitrogen and oxygen atoms in total. The molecule has 0 aliphatic rings. The molecule has 0 fully saturated rings. The van der Waals surface area contributed by atoms with Gasteiger partial charge in [0, 0.05) is 6.54 Å². The molecule has 96 valence electrons. The lowest BCUT2D eigenvalue weighted by Crippen LogP contribution is -2.33. The van der Waals surface area contributed by atoms with Crippen molar-refractivity contribution in [1.29, 1.82) is 0 Å². The van der Waals surface area contributed by atoms with Crippen molar-refractivity contribution in [3.63, 3.8) is 0 Å². The molecule has 0 saturated heterocycles. The number of aliphatic hydroxyl groups excluding tert-OH is 1. The van der Waals surface area contributed by atoms with E-state index in [0.717, 1.165) is 11.4 Å². The van der Waals surface area contributed by atoms with Gasteiger partial charge in [-0.2, -0.15) is 5.10 Å². The summed E-state index contributed by atoms with van der Waals surface area (Å²) >= 11 is 6.03. The number of halogens is 1. The normalized spacial score (nSPS) is 12.5. The van der Waals surface area contributed by atoms with Gasteiger partial charge in [-0.3, -0.25) is 9.48 Å². The van der Waals surface area contributed by atoms with E-state index in [2.05, 4.69) is 10.4 Å². The lowest BCUT2D eigenvalue weighted by molar-refractivity contribution is -0.125. The van der Waals surface area contributed by atoms with Gasteiger partial charge in [0.05, 0.1) is 35.5 Å². The highest BCUT2D eigenvalue weighted by molar-refractivity contribution is 6.31. The van der Waals surface area contributed by atoms with Crippen LogP contribution in [0.2, 0.25) is 5.02 Å². The second-order valence-corrected chi connectivity index (χ2v) is 4.46. The number of rotatable bonds is 5. The number of nitrogens with one attached hydrogen (secondary N) is 1. The third-order valence-corrected chi connectivity index (χ3v) is 3.15. The molecule has 1 heterocycles. The van der Waals surface area contributed by atoms with E-state index in [-0.39, 0.29) is 25.0 Å². The van der Waals surface area contributed by atoms with Crippen molar-refractivity contribution < 1.29 is 9.90 Å². The highest BCUT2D eigenvalue weighted by atomic mass is 35.5. The molecule has 0 aromatic carbocycles. The summed E-state index contributed by atoms with van der Waals surface area (Å²) < 4.78 is 1.74. The zero-order chi connectivity index (χ0) is 13.0. The van der Waals surface area contributed by atoms with Gasteiger partial charge in [0.25, 0.3) is 0 Å². The van der Waals surface area contributed by atoms with Crippen molar-refractivity contribution in [3.8, 4) is 0 Å². The van der Waals surface area contributed by atoms with Gasteiger partial charge in [-0.25, -0.2) is 0 Å². The maximum absolute atomic E-state index is 11.6. The number of hydrogen-bond acceptors (Lipinski definition) is 3. The van der Waals surface area contributed by atoms with E-state index in [4.69, 9.17) is 16.7 Å². The fraction of sp³-hybridized carbons (Fsp3) is 0.636. The number of carbonyl (C=O) groups is 1. The van der Waals surface area contributed by atoms with Crippen LogP contribution >= 0.6 is 11.6 Å². The first-order valence-electron chi connectivity index (χ1n) is 5.55. The van der Waals surface area contributed by atoms with Gasteiger partial charge >= 0.3 is 0 Å². The molecule has 0 aliphatic heterocycles. The number of amides is 1. The van der Waals surface area contributed by atoms with Crippen LogP contribution in [-0.2, 0) is 11.3 Å². The number of carbonyl (C=O) groups excluding carboxylic acids is 1. The lowest BCUT2D eigenvalue weighted by Gasteiger charge is -2.12. The maximum atomic E-state index is 11.6. The molecule has 1 aromatic rings. The molecule has 0 aliphatic carbocycles. The van der Waals surface area contributed by atoms with Gasteiger partial charge < -0.3 is 10.4 Å². The van der Waals surface area contributed by atoms with Crippen LogP contribution in [0.3, 0.4) is 0 Å². The van der Waals surface area contributed by atoms with Gasteiger partial charge in [-0.1, -0.05) is 18.5 Å². The quantitative estimate of drug-likeness (QED) is 0.826. The fourth-order valence-corrected chi connectivity index (χ4v) is 1.68. The minimum Gasteiger partial charge on any atom is -0.395 e. The molecular weight excluding hydrogens is 242 g/mol. The summed E-state index contributed by atoms with van der Waals surface area (Å²) in [5, 5.41) is 16.2. The maximum Gasteiger partial charge on any atom is 0.224 e. The molecule has 0 radical (unpaired) electrons. The van der Waals surface area contributed by atoms with Gasteiger partial charge in [0.15, 0.2) is 0 Å². The first-order chi connectivity index (χ1) is 7.97. The van der Waals surface area contributed by atoms with E-state index in [0.29, 0.717) is 11.6 Å². The zero-order valence-electron chi connectivity index (χ0n) is 10.3. The molecule has 0 saturated carbocycles. The Kier molecular flexibility index (Phi) is 4.96. The predicted octanol–water partition coefficient (Wildman–Crippen LogP) is 0.898. The summed E-state index contributed by atoms with van der Waals surface area (Å²) in [4.78, 5) is 11.6. The Bertz CT molecular complexity index is 404. The molecule has 0 bridgehead atoms. The van der Waals surface area contributed by atoms with Crippen molar-refractivity contribution in [3.05, 3.63) is 16.4 Å². The van der Waals surface area contributed by atoms with Crippen molar-refractivity contribution in [2.75, 3.05) is 13.2 Å². The Balaban J connectivity index is 2.64. The smallest absolute Gasteiger partial charge is 0.224 e. The third kappa shape index (κ3) is 3.44. The highest BCUT2D eigenvalue weighted by Gasteiger charge is 2.16. The standard InChI is InChI=1S/C11H18ClN3O2/c1-7(11(17)13-4-5-16)6-15-9(3)10(12)8(2)14-15/h7,16H,4-6H2,1-3H3,(H,13,17). The molecule has 2 N–H and O–H groups in total. The van der Waals surface area contributed by atoms with Crippen LogP contribution in [0.1, 0.15) is 18.3 Å². The lowest BCUT2D eigenvalue weighted by atomic mass is 10.1. The number of aryl methyl sites for hydroxylation is 1. The van der Waals surface area contributed by atoms with Crippen molar-refractivity contribution in [2.45, 2.75) is 27.3 Å².